The van der Waals surface area contributed by atoms with Crippen molar-refractivity contribution in [2.45, 2.75) is 46.5 Å². The molecule has 0 saturated carbocycles. The minimum Gasteiger partial charge on any atom is -0.458 e. The Morgan fingerprint density at radius 2 is 2.06 bits per heavy atom. The maximum absolute atomic E-state index is 10.8. The van der Waals surface area contributed by atoms with Gasteiger partial charge in [0, 0.05) is 6.08 Å². The molecule has 0 atom stereocenters. The largest absolute Gasteiger partial charge is 0.458 e. The third kappa shape index (κ3) is 6.10. The number of carbonyl (C=O) groups is 1. The van der Waals surface area contributed by atoms with Gasteiger partial charge in [-0.1, -0.05) is 23.3 Å². The normalized spacial score (nSPS) is 15.6. The fourth-order valence-corrected chi connectivity index (χ4v) is 1.75. The van der Waals surface area contributed by atoms with Crippen LogP contribution in [-0.4, -0.2) is 12.6 Å². The molecule has 0 unspecified atom stereocenters. The van der Waals surface area contributed by atoms with E-state index >= 15 is 0 Å². The van der Waals surface area contributed by atoms with Crippen LogP contribution in [0.15, 0.2) is 34.9 Å². The van der Waals surface area contributed by atoms with Gasteiger partial charge in [-0.25, -0.2) is 4.79 Å². The van der Waals surface area contributed by atoms with Gasteiger partial charge in [0.2, 0.25) is 0 Å². The van der Waals surface area contributed by atoms with Crippen molar-refractivity contribution < 1.29 is 9.53 Å². The third-order valence-corrected chi connectivity index (χ3v) is 2.77. The highest BCUT2D eigenvalue weighted by atomic mass is 16.5. The molecule has 17 heavy (non-hydrogen) atoms. The molecule has 0 aliphatic carbocycles. The van der Waals surface area contributed by atoms with Crippen LogP contribution in [0.25, 0.3) is 0 Å². The number of hydrogen-bond acceptors (Lipinski definition) is 2. The van der Waals surface area contributed by atoms with Crippen molar-refractivity contribution in [3.8, 4) is 0 Å². The first kappa shape index (κ1) is 13.8. The molecule has 2 nitrogen and oxygen atoms in total. The van der Waals surface area contributed by atoms with E-state index in [1.807, 2.05) is 0 Å². The molecule has 1 aliphatic heterocycles. The standard InChI is InChI=1S/C15H22O2/c1-12(2)6-4-7-13(3)8-5-9-14-10-15(16)17-11-14/h6,8,10H,4-5,7,9,11H2,1-3H3. The van der Waals surface area contributed by atoms with Gasteiger partial charge in [-0.2, -0.15) is 0 Å². The zero-order valence-electron chi connectivity index (χ0n) is 11.1. The number of rotatable bonds is 6. The van der Waals surface area contributed by atoms with E-state index in [0.29, 0.717) is 6.61 Å². The smallest absolute Gasteiger partial charge is 0.331 e. The van der Waals surface area contributed by atoms with Gasteiger partial charge in [0.05, 0.1) is 0 Å². The van der Waals surface area contributed by atoms with Gasteiger partial charge in [-0.15, -0.1) is 0 Å². The van der Waals surface area contributed by atoms with Crippen LogP contribution in [0, 0.1) is 0 Å². The van der Waals surface area contributed by atoms with E-state index in [9.17, 15) is 4.79 Å². The molecule has 0 spiro atoms. The summed E-state index contributed by atoms with van der Waals surface area (Å²) in [5.74, 6) is -0.191. The Balaban J connectivity index is 2.21. The second-order valence-electron chi connectivity index (χ2n) is 4.82. The zero-order valence-corrected chi connectivity index (χ0v) is 11.1. The van der Waals surface area contributed by atoms with Crippen LogP contribution >= 0.6 is 0 Å². The fourth-order valence-electron chi connectivity index (χ4n) is 1.75. The van der Waals surface area contributed by atoms with Crippen molar-refractivity contribution in [2.24, 2.45) is 0 Å². The summed E-state index contributed by atoms with van der Waals surface area (Å²) in [7, 11) is 0. The molecule has 1 aliphatic rings. The van der Waals surface area contributed by atoms with E-state index in [-0.39, 0.29) is 5.97 Å². The van der Waals surface area contributed by atoms with Crippen LogP contribution in [0.2, 0.25) is 0 Å². The minimum atomic E-state index is -0.191. The second kappa shape index (κ2) is 7.10. The van der Waals surface area contributed by atoms with Crippen molar-refractivity contribution in [3.63, 3.8) is 0 Å². The molecule has 0 bridgehead atoms. The molecule has 0 amide bonds. The maximum Gasteiger partial charge on any atom is 0.331 e. The summed E-state index contributed by atoms with van der Waals surface area (Å²) in [6, 6.07) is 0. The molecule has 0 aromatic heterocycles. The van der Waals surface area contributed by atoms with Gasteiger partial charge in [0.1, 0.15) is 6.61 Å². The van der Waals surface area contributed by atoms with Crippen molar-refractivity contribution in [1.82, 2.24) is 0 Å². The lowest BCUT2D eigenvalue weighted by Gasteiger charge is -2.00. The van der Waals surface area contributed by atoms with Gasteiger partial charge < -0.3 is 4.74 Å². The number of hydrogen-bond donors (Lipinski definition) is 0. The summed E-state index contributed by atoms with van der Waals surface area (Å²) >= 11 is 0. The number of carbonyl (C=O) groups excluding carboxylic acids is 1. The number of allylic oxidation sites excluding steroid dienone is 4. The molecule has 0 saturated heterocycles. The lowest BCUT2D eigenvalue weighted by Crippen LogP contribution is -1.91. The molecular formula is C15H22O2. The van der Waals surface area contributed by atoms with Crippen molar-refractivity contribution in [1.29, 1.82) is 0 Å². The first-order chi connectivity index (χ1) is 8.08. The van der Waals surface area contributed by atoms with Crippen LogP contribution in [0.4, 0.5) is 0 Å². The average Bonchev–Trinajstić information content (AvgIpc) is 2.63. The molecular weight excluding hydrogens is 212 g/mol. The van der Waals surface area contributed by atoms with Crippen molar-refractivity contribution >= 4 is 5.97 Å². The molecule has 94 valence electrons. The molecule has 0 aromatic rings. The van der Waals surface area contributed by atoms with E-state index in [4.69, 9.17) is 4.74 Å². The summed E-state index contributed by atoms with van der Waals surface area (Å²) in [6.07, 6.45) is 10.3. The van der Waals surface area contributed by atoms with E-state index in [2.05, 4.69) is 32.9 Å². The molecule has 1 heterocycles. The van der Waals surface area contributed by atoms with E-state index < -0.39 is 0 Å². The number of cyclic esters (lactones) is 1. The highest BCUT2D eigenvalue weighted by Gasteiger charge is 2.11. The number of esters is 1. The number of ether oxygens (including phenoxy) is 1. The topological polar surface area (TPSA) is 26.3 Å². The van der Waals surface area contributed by atoms with Crippen LogP contribution in [0.1, 0.15) is 46.5 Å². The zero-order chi connectivity index (χ0) is 12.7. The predicted molar refractivity (Wildman–Crippen MR) is 70.7 cm³/mol. The van der Waals surface area contributed by atoms with Gasteiger partial charge in [-0.3, -0.25) is 0 Å². The van der Waals surface area contributed by atoms with Crippen LogP contribution < -0.4 is 0 Å². The summed E-state index contributed by atoms with van der Waals surface area (Å²) in [6.45, 7) is 6.91. The Labute approximate surface area is 104 Å². The third-order valence-electron chi connectivity index (χ3n) is 2.77. The lowest BCUT2D eigenvalue weighted by molar-refractivity contribution is -0.134. The monoisotopic (exact) mass is 234 g/mol. The molecule has 0 radical (unpaired) electrons. The molecule has 0 aromatic carbocycles. The quantitative estimate of drug-likeness (QED) is 0.514. The Bertz CT molecular complexity index is 355. The Morgan fingerprint density at radius 3 is 2.65 bits per heavy atom. The molecule has 2 heteroatoms. The highest BCUT2D eigenvalue weighted by molar-refractivity contribution is 5.85. The molecule has 0 N–H and O–H groups in total. The predicted octanol–water partition coefficient (Wildman–Crippen LogP) is 3.94. The van der Waals surface area contributed by atoms with Crippen LogP contribution in [0.3, 0.4) is 0 Å². The van der Waals surface area contributed by atoms with Gasteiger partial charge >= 0.3 is 5.97 Å². The van der Waals surface area contributed by atoms with Crippen LogP contribution in [-0.2, 0) is 9.53 Å². The van der Waals surface area contributed by atoms with E-state index in [0.717, 1.165) is 31.3 Å². The average molecular weight is 234 g/mol. The Hall–Kier alpha value is -1.31. The summed E-state index contributed by atoms with van der Waals surface area (Å²) in [5, 5.41) is 0. The van der Waals surface area contributed by atoms with Gasteiger partial charge in [-0.05, 0) is 52.0 Å². The minimum absolute atomic E-state index is 0.191. The summed E-state index contributed by atoms with van der Waals surface area (Å²) < 4.78 is 4.85. The summed E-state index contributed by atoms with van der Waals surface area (Å²) in [4.78, 5) is 10.8. The van der Waals surface area contributed by atoms with Crippen LogP contribution in [0.5, 0.6) is 0 Å². The fraction of sp³-hybridized carbons (Fsp3) is 0.533. The van der Waals surface area contributed by atoms with Gasteiger partial charge in [0.25, 0.3) is 0 Å². The summed E-state index contributed by atoms with van der Waals surface area (Å²) in [5.41, 5.74) is 3.92. The van der Waals surface area contributed by atoms with Crippen molar-refractivity contribution in [2.75, 3.05) is 6.61 Å². The van der Waals surface area contributed by atoms with Crippen molar-refractivity contribution in [3.05, 3.63) is 34.9 Å². The maximum atomic E-state index is 10.8. The Kier molecular flexibility index (Phi) is 5.75. The SMILES string of the molecule is CC(C)=CCCC(C)=CCCC1=CC(=O)OC1. The lowest BCUT2D eigenvalue weighted by atomic mass is 10.1. The van der Waals surface area contributed by atoms with Gasteiger partial charge in [0.15, 0.2) is 0 Å². The molecule has 0 fully saturated rings. The first-order valence-electron chi connectivity index (χ1n) is 6.23. The molecule has 1 rings (SSSR count). The van der Waals surface area contributed by atoms with E-state index in [1.165, 1.54) is 11.1 Å². The Morgan fingerprint density at radius 1 is 1.29 bits per heavy atom. The first-order valence-corrected chi connectivity index (χ1v) is 6.23. The van der Waals surface area contributed by atoms with E-state index in [1.54, 1.807) is 6.08 Å². The highest BCUT2D eigenvalue weighted by Crippen LogP contribution is 2.14. The second-order valence-corrected chi connectivity index (χ2v) is 4.82.